The minimum absolute atomic E-state index is 0.0654. The van der Waals surface area contributed by atoms with Crippen molar-refractivity contribution < 1.29 is 31.9 Å². The van der Waals surface area contributed by atoms with E-state index in [1.807, 2.05) is 24.3 Å². The third kappa shape index (κ3) is 4.88. The molecule has 40 heavy (non-hydrogen) atoms. The van der Waals surface area contributed by atoms with Crippen molar-refractivity contribution in [3.8, 4) is 11.1 Å². The van der Waals surface area contributed by atoms with Gasteiger partial charge in [-0.3, -0.25) is 4.79 Å². The van der Waals surface area contributed by atoms with E-state index in [9.17, 15) is 27.2 Å². The van der Waals surface area contributed by atoms with Gasteiger partial charge in [-0.05, 0) is 78.1 Å². The van der Waals surface area contributed by atoms with E-state index in [1.165, 1.54) is 0 Å². The molecule has 2 unspecified atom stereocenters. The van der Waals surface area contributed by atoms with Gasteiger partial charge in [-0.2, -0.15) is 13.2 Å². The molecule has 2 atom stereocenters. The zero-order valence-electron chi connectivity index (χ0n) is 21.8. The van der Waals surface area contributed by atoms with Crippen molar-refractivity contribution in [1.82, 2.24) is 4.90 Å². The number of Topliss-reactive ketones (excluding diaryl/α,β-unsaturated/α-hetero) is 1. The standard InChI is InChI=1S/C32H29F4NO3/c33-21-12-13-29(32(34,35)36)19(14-21)17-30(38)20-15-22-6-5-7-23(16-20)37(22)31(39)40-18-28-26-10-3-1-8-24(26)25-9-2-4-11-27(25)28/h1-4,8-14,20,22-23,28H,5-7,15-18H2. The van der Waals surface area contributed by atoms with Crippen molar-refractivity contribution in [3.05, 3.63) is 94.8 Å². The highest BCUT2D eigenvalue weighted by Gasteiger charge is 2.44. The van der Waals surface area contributed by atoms with Gasteiger partial charge in [0.1, 0.15) is 18.2 Å². The summed E-state index contributed by atoms with van der Waals surface area (Å²) in [7, 11) is 0. The number of hydrogen-bond acceptors (Lipinski definition) is 3. The van der Waals surface area contributed by atoms with E-state index in [0.717, 1.165) is 40.8 Å². The topological polar surface area (TPSA) is 46.6 Å². The van der Waals surface area contributed by atoms with Crippen LogP contribution < -0.4 is 0 Å². The summed E-state index contributed by atoms with van der Waals surface area (Å²) >= 11 is 0. The number of piperidine rings is 2. The molecule has 208 valence electrons. The van der Waals surface area contributed by atoms with Crippen LogP contribution in [0.2, 0.25) is 0 Å². The third-order valence-electron chi connectivity index (χ3n) is 8.71. The highest BCUT2D eigenvalue weighted by molar-refractivity contribution is 5.84. The molecule has 2 heterocycles. The quantitative estimate of drug-likeness (QED) is 0.308. The van der Waals surface area contributed by atoms with Crippen molar-refractivity contribution in [2.24, 2.45) is 5.92 Å². The fourth-order valence-electron chi connectivity index (χ4n) is 6.93. The Hall–Kier alpha value is -3.68. The Morgan fingerprint density at radius 3 is 2.08 bits per heavy atom. The van der Waals surface area contributed by atoms with Crippen LogP contribution in [0.25, 0.3) is 11.1 Å². The first kappa shape index (κ1) is 26.5. The van der Waals surface area contributed by atoms with Gasteiger partial charge < -0.3 is 9.64 Å². The van der Waals surface area contributed by atoms with E-state index < -0.39 is 36.0 Å². The number of carbonyl (C=O) groups is 2. The van der Waals surface area contributed by atoms with E-state index in [1.54, 1.807) is 4.90 Å². The van der Waals surface area contributed by atoms with E-state index in [-0.39, 0.29) is 36.0 Å². The molecule has 3 aromatic rings. The predicted molar refractivity (Wildman–Crippen MR) is 141 cm³/mol. The van der Waals surface area contributed by atoms with Crippen LogP contribution in [-0.4, -0.2) is 35.5 Å². The summed E-state index contributed by atoms with van der Waals surface area (Å²) in [6.45, 7) is 0.199. The van der Waals surface area contributed by atoms with Crippen LogP contribution >= 0.6 is 0 Å². The molecule has 0 saturated carbocycles. The molecular formula is C32H29F4NO3. The summed E-state index contributed by atoms with van der Waals surface area (Å²) in [6.07, 6.45) is -2.50. The zero-order valence-corrected chi connectivity index (χ0v) is 21.8. The summed E-state index contributed by atoms with van der Waals surface area (Å²) in [4.78, 5) is 28.3. The average Bonchev–Trinajstić information content (AvgIpc) is 3.24. The molecular weight excluding hydrogens is 522 g/mol. The second-order valence-electron chi connectivity index (χ2n) is 11.1. The van der Waals surface area contributed by atoms with Crippen LogP contribution in [0.5, 0.6) is 0 Å². The second-order valence-corrected chi connectivity index (χ2v) is 11.1. The number of alkyl halides is 3. The van der Waals surface area contributed by atoms with Crippen LogP contribution in [0.15, 0.2) is 66.7 Å². The van der Waals surface area contributed by atoms with E-state index in [0.29, 0.717) is 31.7 Å². The minimum Gasteiger partial charge on any atom is -0.448 e. The lowest BCUT2D eigenvalue weighted by Gasteiger charge is -2.47. The predicted octanol–water partition coefficient (Wildman–Crippen LogP) is 7.54. The molecule has 0 aromatic heterocycles. The van der Waals surface area contributed by atoms with Crippen molar-refractivity contribution in [3.63, 3.8) is 0 Å². The van der Waals surface area contributed by atoms with Gasteiger partial charge in [-0.25, -0.2) is 9.18 Å². The number of fused-ring (bicyclic) bond motifs is 5. The number of amides is 1. The molecule has 1 aliphatic carbocycles. The second kappa shape index (κ2) is 10.4. The Labute approximate surface area is 229 Å². The summed E-state index contributed by atoms with van der Waals surface area (Å²) in [5.74, 6) is -1.71. The van der Waals surface area contributed by atoms with Crippen molar-refractivity contribution in [2.45, 2.75) is 62.7 Å². The molecule has 3 aliphatic rings. The molecule has 2 aliphatic heterocycles. The summed E-state index contributed by atoms with van der Waals surface area (Å²) < 4.78 is 60.0. The number of hydrogen-bond donors (Lipinski definition) is 0. The normalized spacial score (nSPS) is 22.0. The van der Waals surface area contributed by atoms with Crippen LogP contribution in [0, 0.1) is 11.7 Å². The Bertz CT molecular complexity index is 1390. The first-order valence-electron chi connectivity index (χ1n) is 13.7. The average molecular weight is 552 g/mol. The first-order valence-corrected chi connectivity index (χ1v) is 13.7. The van der Waals surface area contributed by atoms with Crippen molar-refractivity contribution in [2.75, 3.05) is 6.61 Å². The Morgan fingerprint density at radius 2 is 1.48 bits per heavy atom. The highest BCUT2D eigenvalue weighted by atomic mass is 19.4. The molecule has 0 N–H and O–H groups in total. The summed E-state index contributed by atoms with van der Waals surface area (Å²) in [5.41, 5.74) is 3.19. The van der Waals surface area contributed by atoms with Gasteiger partial charge in [0.05, 0.1) is 5.56 Å². The smallest absolute Gasteiger partial charge is 0.416 e. The van der Waals surface area contributed by atoms with Crippen LogP contribution in [-0.2, 0) is 22.1 Å². The Morgan fingerprint density at radius 1 is 0.875 bits per heavy atom. The number of carbonyl (C=O) groups excluding carboxylic acids is 2. The summed E-state index contributed by atoms with van der Waals surface area (Å²) in [5, 5.41) is 0. The Kier molecular flexibility index (Phi) is 6.88. The number of ether oxygens (including phenoxy) is 1. The molecule has 0 spiro atoms. The molecule has 2 saturated heterocycles. The molecule has 8 heteroatoms. The van der Waals surface area contributed by atoms with Crippen LogP contribution in [0.4, 0.5) is 22.4 Å². The molecule has 1 amide bonds. The molecule has 0 radical (unpaired) electrons. The monoisotopic (exact) mass is 551 g/mol. The molecule has 2 bridgehead atoms. The first-order chi connectivity index (χ1) is 19.2. The molecule has 4 nitrogen and oxygen atoms in total. The van der Waals surface area contributed by atoms with Gasteiger partial charge in [0.15, 0.2) is 0 Å². The van der Waals surface area contributed by atoms with E-state index in [4.69, 9.17) is 4.74 Å². The molecule has 3 aromatic carbocycles. The maximum Gasteiger partial charge on any atom is 0.416 e. The van der Waals surface area contributed by atoms with Crippen molar-refractivity contribution >= 4 is 11.9 Å². The summed E-state index contributed by atoms with van der Waals surface area (Å²) in [6, 6.07) is 18.0. The third-order valence-corrected chi connectivity index (χ3v) is 8.71. The molecule has 6 rings (SSSR count). The number of halogens is 4. The van der Waals surface area contributed by atoms with E-state index >= 15 is 0 Å². The van der Waals surface area contributed by atoms with Gasteiger partial charge in [0.25, 0.3) is 0 Å². The molecule has 2 fully saturated rings. The Balaban J connectivity index is 1.14. The largest absolute Gasteiger partial charge is 0.448 e. The van der Waals surface area contributed by atoms with Crippen LogP contribution in [0.3, 0.4) is 0 Å². The van der Waals surface area contributed by atoms with Gasteiger partial charge >= 0.3 is 12.3 Å². The highest BCUT2D eigenvalue weighted by Crippen LogP contribution is 2.45. The maximum absolute atomic E-state index is 13.8. The number of benzene rings is 3. The SMILES string of the molecule is O=C(Cc1cc(F)ccc1C(F)(F)F)C1CC2CCCC(C1)N2C(=O)OCC1c2ccccc2-c2ccccc21. The fourth-order valence-corrected chi connectivity index (χ4v) is 6.93. The number of ketones is 1. The zero-order chi connectivity index (χ0) is 28.0. The number of nitrogens with zero attached hydrogens (tertiary/aromatic N) is 1. The van der Waals surface area contributed by atoms with E-state index in [2.05, 4.69) is 24.3 Å². The minimum atomic E-state index is -4.67. The van der Waals surface area contributed by atoms with Crippen LogP contribution in [0.1, 0.15) is 60.3 Å². The maximum atomic E-state index is 13.8. The number of rotatable bonds is 5. The van der Waals surface area contributed by atoms with Gasteiger partial charge in [0.2, 0.25) is 0 Å². The lowest BCUT2D eigenvalue weighted by Crippen LogP contribution is -2.56. The lowest BCUT2D eigenvalue weighted by molar-refractivity contribution is -0.138. The van der Waals surface area contributed by atoms with Gasteiger partial charge in [-0.15, -0.1) is 0 Å². The van der Waals surface area contributed by atoms with Gasteiger partial charge in [0, 0.05) is 30.3 Å². The van der Waals surface area contributed by atoms with Gasteiger partial charge in [-0.1, -0.05) is 48.5 Å². The fraction of sp³-hybridized carbons (Fsp3) is 0.375. The van der Waals surface area contributed by atoms with Crippen molar-refractivity contribution in [1.29, 1.82) is 0 Å². The lowest BCUT2D eigenvalue weighted by atomic mass is 9.76.